The third kappa shape index (κ3) is 3.44. The van der Waals surface area contributed by atoms with Gasteiger partial charge in [-0.2, -0.15) is 0 Å². The summed E-state index contributed by atoms with van der Waals surface area (Å²) < 4.78 is 0. The van der Waals surface area contributed by atoms with Crippen molar-refractivity contribution < 1.29 is 4.79 Å². The third-order valence-corrected chi connectivity index (χ3v) is 3.26. The Labute approximate surface area is 114 Å². The summed E-state index contributed by atoms with van der Waals surface area (Å²) >= 11 is 0. The molecule has 0 aliphatic heterocycles. The summed E-state index contributed by atoms with van der Waals surface area (Å²) in [5.74, 6) is 0.0292. The van der Waals surface area contributed by atoms with E-state index < -0.39 is 0 Å². The molecule has 0 fully saturated rings. The van der Waals surface area contributed by atoms with E-state index in [1.807, 2.05) is 42.5 Å². The van der Waals surface area contributed by atoms with Crippen LogP contribution in [0.2, 0.25) is 0 Å². The lowest BCUT2D eigenvalue weighted by Gasteiger charge is -2.07. The molecule has 98 valence electrons. The van der Waals surface area contributed by atoms with Crippen molar-refractivity contribution in [3.05, 3.63) is 60.3 Å². The Morgan fingerprint density at radius 3 is 2.68 bits per heavy atom. The van der Waals surface area contributed by atoms with Crippen LogP contribution in [0.1, 0.15) is 30.6 Å². The van der Waals surface area contributed by atoms with Crippen LogP contribution in [0.4, 0.5) is 0 Å². The summed E-state index contributed by atoms with van der Waals surface area (Å²) in [4.78, 5) is 12.0. The summed E-state index contributed by atoms with van der Waals surface area (Å²) in [6, 6.07) is 14.2. The molecule has 1 unspecified atom stereocenters. The minimum Gasteiger partial charge on any atom is -0.388 e. The lowest BCUT2D eigenvalue weighted by atomic mass is 10.0. The number of rotatable bonds is 5. The number of benzene rings is 2. The van der Waals surface area contributed by atoms with Gasteiger partial charge in [-0.1, -0.05) is 43.3 Å². The lowest BCUT2D eigenvalue weighted by Crippen LogP contribution is -2.19. The number of fused-ring (bicyclic) bond motifs is 1. The predicted octanol–water partition coefficient (Wildman–Crippen LogP) is 3.92. The Kier molecular flexibility index (Phi) is 4.35. The van der Waals surface area contributed by atoms with Crippen molar-refractivity contribution in [3.63, 3.8) is 0 Å². The first-order chi connectivity index (χ1) is 9.20. The van der Waals surface area contributed by atoms with E-state index >= 15 is 0 Å². The van der Waals surface area contributed by atoms with Gasteiger partial charge in [0, 0.05) is 23.9 Å². The Balaban J connectivity index is 2.13. The zero-order chi connectivity index (χ0) is 13.7. The summed E-state index contributed by atoms with van der Waals surface area (Å²) in [6.07, 6.45) is 4.37. The van der Waals surface area contributed by atoms with Gasteiger partial charge in [0.25, 0.3) is 0 Å². The highest BCUT2D eigenvalue weighted by Crippen LogP contribution is 2.16. The summed E-state index contributed by atoms with van der Waals surface area (Å²) in [5.41, 5.74) is 0.723. The van der Waals surface area contributed by atoms with Crippen molar-refractivity contribution in [1.29, 1.82) is 0 Å². The molecule has 0 aromatic heterocycles. The van der Waals surface area contributed by atoms with Crippen molar-refractivity contribution in [1.82, 2.24) is 5.32 Å². The zero-order valence-corrected chi connectivity index (χ0v) is 11.4. The normalized spacial score (nSPS) is 12.7. The van der Waals surface area contributed by atoms with E-state index in [1.165, 1.54) is 0 Å². The van der Waals surface area contributed by atoms with Crippen LogP contribution in [0.3, 0.4) is 0 Å². The molecular weight excluding hydrogens is 234 g/mol. The number of hydrogen-bond donors (Lipinski definition) is 1. The molecule has 0 aliphatic carbocycles. The Morgan fingerprint density at radius 2 is 1.95 bits per heavy atom. The number of nitrogens with one attached hydrogen (secondary N) is 1. The molecule has 0 radical (unpaired) electrons. The molecular formula is C17H19NO. The van der Waals surface area contributed by atoms with Crippen LogP contribution in [0.5, 0.6) is 0 Å². The fourth-order valence-electron chi connectivity index (χ4n) is 1.84. The fraction of sp³-hybridized carbons (Fsp3) is 0.235. The first-order valence-electron chi connectivity index (χ1n) is 6.66. The van der Waals surface area contributed by atoms with Gasteiger partial charge in [-0.05, 0) is 30.2 Å². The second-order valence-corrected chi connectivity index (χ2v) is 4.74. The summed E-state index contributed by atoms with van der Waals surface area (Å²) in [5, 5.41) is 5.42. The van der Waals surface area contributed by atoms with Crippen LogP contribution in [0.15, 0.2) is 54.7 Å². The molecule has 1 atom stereocenters. The van der Waals surface area contributed by atoms with E-state index in [0.717, 1.165) is 22.8 Å². The Morgan fingerprint density at radius 1 is 1.21 bits per heavy atom. The fourth-order valence-corrected chi connectivity index (χ4v) is 1.84. The molecule has 0 amide bonds. The molecule has 19 heavy (non-hydrogen) atoms. The average molecular weight is 253 g/mol. The molecule has 0 bridgehead atoms. The average Bonchev–Trinajstić information content (AvgIpc) is 2.46. The molecule has 2 aromatic rings. The van der Waals surface area contributed by atoms with Crippen LogP contribution in [0.25, 0.3) is 10.8 Å². The molecule has 0 saturated carbocycles. The number of allylic oxidation sites excluding steroid dienone is 1. The molecule has 2 heteroatoms. The quantitative estimate of drug-likeness (QED) is 0.646. The monoisotopic (exact) mass is 253 g/mol. The predicted molar refractivity (Wildman–Crippen MR) is 80.3 cm³/mol. The van der Waals surface area contributed by atoms with Gasteiger partial charge in [-0.15, -0.1) is 0 Å². The Bertz CT molecular complexity index is 601. The lowest BCUT2D eigenvalue weighted by molar-refractivity contribution is 0.104. The van der Waals surface area contributed by atoms with Crippen molar-refractivity contribution in [2.45, 2.75) is 26.3 Å². The Hall–Kier alpha value is -2.09. The molecule has 0 spiro atoms. The molecule has 0 saturated heterocycles. The molecule has 2 aromatic carbocycles. The highest BCUT2D eigenvalue weighted by Gasteiger charge is 2.02. The van der Waals surface area contributed by atoms with Crippen LogP contribution in [0, 0.1) is 0 Å². The van der Waals surface area contributed by atoms with Crippen molar-refractivity contribution in [2.75, 3.05) is 0 Å². The maximum atomic E-state index is 12.0. The highest BCUT2D eigenvalue weighted by atomic mass is 16.1. The van der Waals surface area contributed by atoms with Crippen molar-refractivity contribution in [3.8, 4) is 0 Å². The number of carbonyl (C=O) groups excluding carboxylic acids is 1. The van der Waals surface area contributed by atoms with Gasteiger partial charge < -0.3 is 5.32 Å². The summed E-state index contributed by atoms with van der Waals surface area (Å²) in [6.45, 7) is 4.20. The SMILES string of the molecule is CCC(C)N/C=C\C(=O)c1ccc2ccccc2c1. The van der Waals surface area contributed by atoms with Crippen molar-refractivity contribution >= 4 is 16.6 Å². The summed E-state index contributed by atoms with van der Waals surface area (Å²) in [7, 11) is 0. The van der Waals surface area contributed by atoms with E-state index in [-0.39, 0.29) is 5.78 Å². The highest BCUT2D eigenvalue weighted by molar-refractivity contribution is 6.06. The van der Waals surface area contributed by atoms with Gasteiger partial charge in [0.05, 0.1) is 0 Å². The zero-order valence-electron chi connectivity index (χ0n) is 11.4. The van der Waals surface area contributed by atoms with E-state index in [0.29, 0.717) is 6.04 Å². The van der Waals surface area contributed by atoms with Gasteiger partial charge in [-0.25, -0.2) is 0 Å². The van der Waals surface area contributed by atoms with Crippen LogP contribution in [-0.4, -0.2) is 11.8 Å². The second kappa shape index (κ2) is 6.19. The smallest absolute Gasteiger partial charge is 0.187 e. The number of carbonyl (C=O) groups is 1. The molecule has 2 rings (SSSR count). The molecule has 1 N–H and O–H groups in total. The third-order valence-electron chi connectivity index (χ3n) is 3.26. The standard InChI is InChI=1S/C17H19NO/c1-3-13(2)18-11-10-17(19)16-9-8-14-6-4-5-7-15(14)12-16/h4-13,18H,3H2,1-2H3/b11-10-. The van der Waals surface area contributed by atoms with Gasteiger partial charge >= 0.3 is 0 Å². The largest absolute Gasteiger partial charge is 0.388 e. The maximum Gasteiger partial charge on any atom is 0.187 e. The molecule has 2 nitrogen and oxygen atoms in total. The minimum atomic E-state index is 0.0292. The maximum absolute atomic E-state index is 12.0. The topological polar surface area (TPSA) is 29.1 Å². The number of ketones is 1. The van der Waals surface area contributed by atoms with Gasteiger partial charge in [-0.3, -0.25) is 4.79 Å². The first kappa shape index (κ1) is 13.3. The van der Waals surface area contributed by atoms with Crippen LogP contribution < -0.4 is 5.32 Å². The van der Waals surface area contributed by atoms with Crippen LogP contribution >= 0.6 is 0 Å². The number of hydrogen-bond acceptors (Lipinski definition) is 2. The molecule has 0 aliphatic rings. The van der Waals surface area contributed by atoms with Gasteiger partial charge in [0.1, 0.15) is 0 Å². The van der Waals surface area contributed by atoms with E-state index in [4.69, 9.17) is 0 Å². The molecule has 0 heterocycles. The van der Waals surface area contributed by atoms with Gasteiger partial charge in [0.15, 0.2) is 5.78 Å². The van der Waals surface area contributed by atoms with E-state index in [1.54, 1.807) is 12.3 Å². The van der Waals surface area contributed by atoms with E-state index in [2.05, 4.69) is 19.2 Å². The van der Waals surface area contributed by atoms with Gasteiger partial charge in [0.2, 0.25) is 0 Å². The van der Waals surface area contributed by atoms with Crippen molar-refractivity contribution in [2.24, 2.45) is 0 Å². The first-order valence-corrected chi connectivity index (χ1v) is 6.66. The second-order valence-electron chi connectivity index (χ2n) is 4.74. The van der Waals surface area contributed by atoms with E-state index in [9.17, 15) is 4.79 Å². The van der Waals surface area contributed by atoms with Crippen LogP contribution in [-0.2, 0) is 0 Å². The minimum absolute atomic E-state index is 0.0292.